The summed E-state index contributed by atoms with van der Waals surface area (Å²) in [4.78, 5) is 0. The normalized spacial score (nSPS) is 12.5. The van der Waals surface area contributed by atoms with E-state index in [4.69, 9.17) is 5.26 Å². The Morgan fingerprint density at radius 3 is 2.54 bits per heavy atom. The van der Waals surface area contributed by atoms with Crippen LogP contribution in [-0.4, -0.2) is 16.6 Å². The number of nitrogens with one attached hydrogen (secondary N) is 2. The lowest BCUT2D eigenvalue weighted by molar-refractivity contribution is -0.136. The summed E-state index contributed by atoms with van der Waals surface area (Å²) in [5.74, 6) is -0.786. The SMILES string of the molecule is Cc1cc(Nc2cc(NC(C)CC(F)(F)F)c(F)cc2C#N)sn1. The minimum absolute atomic E-state index is 0.0487. The van der Waals surface area contributed by atoms with Gasteiger partial charge in [0.15, 0.2) is 0 Å². The fourth-order valence-corrected chi connectivity index (χ4v) is 2.77. The second-order valence-corrected chi connectivity index (χ2v) is 6.12. The average molecular weight is 358 g/mol. The number of anilines is 3. The summed E-state index contributed by atoms with van der Waals surface area (Å²) in [5, 5.41) is 15.2. The van der Waals surface area contributed by atoms with Gasteiger partial charge in [-0.15, -0.1) is 0 Å². The number of alkyl halides is 3. The van der Waals surface area contributed by atoms with Crippen LogP contribution >= 0.6 is 11.5 Å². The van der Waals surface area contributed by atoms with Crippen molar-refractivity contribution in [3.63, 3.8) is 0 Å². The lowest BCUT2D eigenvalue weighted by Gasteiger charge is -2.18. The van der Waals surface area contributed by atoms with E-state index in [0.29, 0.717) is 10.7 Å². The summed E-state index contributed by atoms with van der Waals surface area (Å²) in [6.07, 6.45) is -5.44. The van der Waals surface area contributed by atoms with Gasteiger partial charge in [-0.2, -0.15) is 22.8 Å². The Bertz CT molecular complexity index is 764. The molecule has 1 aromatic heterocycles. The van der Waals surface area contributed by atoms with Gasteiger partial charge in [-0.1, -0.05) is 0 Å². The van der Waals surface area contributed by atoms with Crippen LogP contribution in [0.25, 0.3) is 0 Å². The van der Waals surface area contributed by atoms with Crippen LogP contribution in [0.3, 0.4) is 0 Å². The number of halogens is 4. The van der Waals surface area contributed by atoms with Crippen LogP contribution in [0.1, 0.15) is 24.6 Å². The summed E-state index contributed by atoms with van der Waals surface area (Å²) in [5.41, 5.74) is 1.02. The van der Waals surface area contributed by atoms with Crippen LogP contribution in [0, 0.1) is 24.1 Å². The maximum atomic E-state index is 14.0. The molecule has 0 saturated heterocycles. The minimum Gasteiger partial charge on any atom is -0.380 e. The van der Waals surface area contributed by atoms with Crippen molar-refractivity contribution in [3.8, 4) is 6.07 Å². The van der Waals surface area contributed by atoms with Crippen molar-refractivity contribution in [2.75, 3.05) is 10.6 Å². The molecule has 4 nitrogen and oxygen atoms in total. The van der Waals surface area contributed by atoms with Crippen LogP contribution < -0.4 is 10.6 Å². The molecule has 0 bridgehead atoms. The van der Waals surface area contributed by atoms with E-state index in [-0.39, 0.29) is 11.3 Å². The fourth-order valence-electron chi connectivity index (χ4n) is 2.10. The summed E-state index contributed by atoms with van der Waals surface area (Å²) in [6, 6.07) is 4.86. The quantitative estimate of drug-likeness (QED) is 0.742. The van der Waals surface area contributed by atoms with Crippen molar-refractivity contribution in [2.45, 2.75) is 32.5 Å². The number of aryl methyl sites for hydroxylation is 1. The molecule has 0 amide bonds. The maximum Gasteiger partial charge on any atom is 0.391 e. The summed E-state index contributed by atoms with van der Waals surface area (Å²) in [7, 11) is 0. The molecule has 1 aromatic carbocycles. The highest BCUT2D eigenvalue weighted by molar-refractivity contribution is 7.10. The van der Waals surface area contributed by atoms with E-state index in [1.807, 2.05) is 6.07 Å². The first-order valence-electron chi connectivity index (χ1n) is 6.95. The minimum atomic E-state index is -4.35. The number of hydrogen-bond acceptors (Lipinski definition) is 5. The molecular weight excluding hydrogens is 344 g/mol. The van der Waals surface area contributed by atoms with E-state index in [1.54, 1.807) is 13.0 Å². The Labute approximate surface area is 140 Å². The first-order valence-corrected chi connectivity index (χ1v) is 7.72. The van der Waals surface area contributed by atoms with Gasteiger partial charge >= 0.3 is 6.18 Å². The van der Waals surface area contributed by atoms with Gasteiger partial charge < -0.3 is 10.6 Å². The summed E-state index contributed by atoms with van der Waals surface area (Å²) < 4.78 is 55.3. The molecule has 2 rings (SSSR count). The van der Waals surface area contributed by atoms with Crippen LogP contribution in [0.15, 0.2) is 18.2 Å². The van der Waals surface area contributed by atoms with Crippen LogP contribution in [-0.2, 0) is 0 Å². The Balaban J connectivity index is 2.26. The number of nitriles is 1. The fraction of sp³-hybridized carbons (Fsp3) is 0.333. The third-order valence-corrected chi connectivity index (χ3v) is 3.85. The topological polar surface area (TPSA) is 60.7 Å². The van der Waals surface area contributed by atoms with Gasteiger partial charge in [-0.3, -0.25) is 0 Å². The highest BCUT2D eigenvalue weighted by atomic mass is 32.1. The predicted molar refractivity (Wildman–Crippen MR) is 85.0 cm³/mol. The first kappa shape index (κ1) is 18.0. The van der Waals surface area contributed by atoms with E-state index in [9.17, 15) is 17.6 Å². The number of aromatic nitrogens is 1. The van der Waals surface area contributed by atoms with Crippen molar-refractivity contribution >= 4 is 27.9 Å². The van der Waals surface area contributed by atoms with Gasteiger partial charge in [0.2, 0.25) is 0 Å². The zero-order valence-electron chi connectivity index (χ0n) is 12.8. The van der Waals surface area contributed by atoms with Gasteiger partial charge in [0, 0.05) is 6.04 Å². The molecule has 0 aliphatic heterocycles. The molecular formula is C15H14F4N4S. The molecule has 1 unspecified atom stereocenters. The number of nitrogens with zero attached hydrogens (tertiary/aromatic N) is 2. The van der Waals surface area contributed by atoms with Crippen molar-refractivity contribution in [1.82, 2.24) is 4.37 Å². The smallest absolute Gasteiger partial charge is 0.380 e. The van der Waals surface area contributed by atoms with E-state index in [0.717, 1.165) is 23.3 Å². The van der Waals surface area contributed by atoms with E-state index in [1.165, 1.54) is 13.0 Å². The maximum absolute atomic E-state index is 14.0. The zero-order chi connectivity index (χ0) is 17.9. The summed E-state index contributed by atoms with van der Waals surface area (Å²) in [6.45, 7) is 3.11. The molecule has 24 heavy (non-hydrogen) atoms. The predicted octanol–water partition coefficient (Wildman–Crippen LogP) is 4.96. The molecule has 2 aromatic rings. The lowest BCUT2D eigenvalue weighted by Crippen LogP contribution is -2.24. The molecule has 1 atom stereocenters. The van der Waals surface area contributed by atoms with E-state index >= 15 is 0 Å². The molecule has 128 valence electrons. The number of hydrogen-bond donors (Lipinski definition) is 2. The average Bonchev–Trinajstić information content (AvgIpc) is 2.85. The monoisotopic (exact) mass is 358 g/mol. The molecule has 9 heteroatoms. The van der Waals surface area contributed by atoms with Gasteiger partial charge in [-0.05, 0) is 43.6 Å². The zero-order valence-corrected chi connectivity index (χ0v) is 13.6. The Morgan fingerprint density at radius 2 is 2.00 bits per heavy atom. The Kier molecular flexibility index (Phi) is 5.29. The first-order chi connectivity index (χ1) is 11.2. The largest absolute Gasteiger partial charge is 0.391 e. The molecule has 1 heterocycles. The molecule has 0 aliphatic carbocycles. The highest BCUT2D eigenvalue weighted by Gasteiger charge is 2.30. The van der Waals surface area contributed by atoms with Crippen LogP contribution in [0.2, 0.25) is 0 Å². The van der Waals surface area contributed by atoms with Crippen molar-refractivity contribution in [3.05, 3.63) is 35.3 Å². The Hall–Kier alpha value is -2.34. The molecule has 0 radical (unpaired) electrons. The standard InChI is InChI=1S/C15H14F4N4S/c1-8-3-14(24-23-8)22-12-5-13(11(16)4-10(12)7-20)21-9(2)6-15(17,18)19/h3-5,9,21-22H,6H2,1-2H3. The molecule has 0 saturated carbocycles. The summed E-state index contributed by atoms with van der Waals surface area (Å²) >= 11 is 1.16. The number of rotatable bonds is 5. The Morgan fingerprint density at radius 1 is 1.29 bits per heavy atom. The third-order valence-electron chi connectivity index (χ3n) is 3.05. The van der Waals surface area contributed by atoms with Gasteiger partial charge in [0.25, 0.3) is 0 Å². The van der Waals surface area contributed by atoms with Gasteiger partial charge in [0.05, 0.1) is 29.1 Å². The molecule has 0 spiro atoms. The second-order valence-electron chi connectivity index (χ2n) is 5.31. The molecule has 0 fully saturated rings. The molecule has 2 N–H and O–H groups in total. The second kappa shape index (κ2) is 7.05. The van der Waals surface area contributed by atoms with E-state index < -0.39 is 24.5 Å². The van der Waals surface area contributed by atoms with Crippen molar-refractivity contribution in [2.24, 2.45) is 0 Å². The van der Waals surface area contributed by atoms with Crippen molar-refractivity contribution < 1.29 is 17.6 Å². The van der Waals surface area contributed by atoms with Gasteiger partial charge in [-0.25, -0.2) is 4.39 Å². The lowest BCUT2D eigenvalue weighted by atomic mass is 10.1. The van der Waals surface area contributed by atoms with Crippen molar-refractivity contribution in [1.29, 1.82) is 5.26 Å². The van der Waals surface area contributed by atoms with Gasteiger partial charge in [0.1, 0.15) is 16.9 Å². The van der Waals surface area contributed by atoms with Crippen LogP contribution in [0.4, 0.5) is 33.9 Å². The molecule has 0 aliphatic rings. The highest BCUT2D eigenvalue weighted by Crippen LogP contribution is 2.30. The van der Waals surface area contributed by atoms with E-state index in [2.05, 4.69) is 15.0 Å². The van der Waals surface area contributed by atoms with Crippen LogP contribution in [0.5, 0.6) is 0 Å². The third kappa shape index (κ3) is 4.83. The number of benzene rings is 1.